The van der Waals surface area contributed by atoms with E-state index in [1.54, 1.807) is 0 Å². The Bertz CT molecular complexity index is 354. The predicted octanol–water partition coefficient (Wildman–Crippen LogP) is 0.675. The molecule has 0 spiro atoms. The number of cyclic esters (lactones) is 1. The molecule has 2 saturated heterocycles. The lowest BCUT2D eigenvalue weighted by molar-refractivity contribution is -0.129. The minimum Gasteiger partial charge on any atom is -0.447 e. The van der Waals surface area contributed by atoms with Crippen molar-refractivity contribution in [2.45, 2.75) is 32.7 Å². The maximum absolute atomic E-state index is 12.2. The van der Waals surface area contributed by atoms with Crippen molar-refractivity contribution in [3.05, 3.63) is 0 Å². The smallest absolute Gasteiger partial charge is 0.416 e. The van der Waals surface area contributed by atoms with Gasteiger partial charge in [0.1, 0.15) is 6.61 Å². The molecule has 0 aliphatic carbocycles. The zero-order chi connectivity index (χ0) is 14.5. The van der Waals surface area contributed by atoms with Crippen molar-refractivity contribution in [3.8, 4) is 0 Å². The fourth-order valence-corrected chi connectivity index (χ4v) is 2.75. The highest BCUT2D eigenvalue weighted by Crippen LogP contribution is 2.14. The molecule has 0 aromatic carbocycles. The minimum atomic E-state index is -0.502. The number of imide groups is 1. The van der Waals surface area contributed by atoms with E-state index in [1.165, 1.54) is 17.7 Å². The van der Waals surface area contributed by atoms with Crippen LogP contribution in [0, 0.1) is 5.92 Å². The van der Waals surface area contributed by atoms with Crippen molar-refractivity contribution in [2.24, 2.45) is 5.92 Å². The van der Waals surface area contributed by atoms with Crippen LogP contribution in [0.1, 0.15) is 26.7 Å². The zero-order valence-electron chi connectivity index (χ0n) is 12.4. The standard InChI is InChI=1S/C14H25N3O3/c1-11(2)16(9-12-4-3-5-15-8-12)10-13(18)17-6-7-20-14(17)19/h11-12,15H,3-10H2,1-2H3. The van der Waals surface area contributed by atoms with Gasteiger partial charge in [0.05, 0.1) is 13.1 Å². The molecule has 1 unspecified atom stereocenters. The fourth-order valence-electron chi connectivity index (χ4n) is 2.75. The van der Waals surface area contributed by atoms with Gasteiger partial charge in [-0.25, -0.2) is 9.69 Å². The van der Waals surface area contributed by atoms with Gasteiger partial charge >= 0.3 is 6.09 Å². The molecule has 6 heteroatoms. The molecule has 2 heterocycles. The number of nitrogens with zero attached hydrogens (tertiary/aromatic N) is 2. The Kier molecular flexibility index (Phi) is 5.37. The van der Waals surface area contributed by atoms with Crippen LogP contribution in [0.2, 0.25) is 0 Å². The molecule has 6 nitrogen and oxygen atoms in total. The van der Waals surface area contributed by atoms with Crippen LogP contribution in [-0.2, 0) is 9.53 Å². The highest BCUT2D eigenvalue weighted by atomic mass is 16.6. The molecule has 1 atom stereocenters. The van der Waals surface area contributed by atoms with Gasteiger partial charge in [-0.05, 0) is 45.7 Å². The van der Waals surface area contributed by atoms with Crippen molar-refractivity contribution >= 4 is 12.0 Å². The topological polar surface area (TPSA) is 61.9 Å². The number of carbonyl (C=O) groups is 2. The molecule has 114 valence electrons. The van der Waals surface area contributed by atoms with Gasteiger partial charge in [-0.2, -0.15) is 0 Å². The Hall–Kier alpha value is -1.14. The van der Waals surface area contributed by atoms with Crippen LogP contribution in [0.5, 0.6) is 0 Å². The van der Waals surface area contributed by atoms with Crippen LogP contribution in [0.3, 0.4) is 0 Å². The average Bonchev–Trinajstić information content (AvgIpc) is 2.85. The second kappa shape index (κ2) is 7.04. The van der Waals surface area contributed by atoms with E-state index in [0.29, 0.717) is 31.7 Å². The molecule has 0 radical (unpaired) electrons. The molecular formula is C14H25N3O3. The molecule has 0 bridgehead atoms. The first-order valence-corrected chi connectivity index (χ1v) is 7.50. The summed E-state index contributed by atoms with van der Waals surface area (Å²) in [5.41, 5.74) is 0. The number of hydrogen-bond donors (Lipinski definition) is 1. The van der Waals surface area contributed by atoms with Gasteiger partial charge in [0, 0.05) is 12.6 Å². The van der Waals surface area contributed by atoms with Gasteiger partial charge < -0.3 is 10.1 Å². The Morgan fingerprint density at radius 1 is 1.55 bits per heavy atom. The molecule has 0 aromatic heterocycles. The normalized spacial score (nSPS) is 23.5. The molecular weight excluding hydrogens is 258 g/mol. The molecule has 2 rings (SSSR count). The number of ether oxygens (including phenoxy) is 1. The van der Waals surface area contributed by atoms with Gasteiger partial charge in [0.15, 0.2) is 0 Å². The first-order chi connectivity index (χ1) is 9.58. The van der Waals surface area contributed by atoms with Crippen molar-refractivity contribution < 1.29 is 14.3 Å². The number of rotatable bonds is 5. The highest BCUT2D eigenvalue weighted by Gasteiger charge is 2.30. The van der Waals surface area contributed by atoms with E-state index in [9.17, 15) is 9.59 Å². The van der Waals surface area contributed by atoms with Crippen molar-refractivity contribution in [1.82, 2.24) is 15.1 Å². The van der Waals surface area contributed by atoms with Crippen molar-refractivity contribution in [1.29, 1.82) is 0 Å². The summed E-state index contributed by atoms with van der Waals surface area (Å²) < 4.78 is 4.82. The third-order valence-corrected chi connectivity index (χ3v) is 4.02. The average molecular weight is 283 g/mol. The molecule has 2 aliphatic rings. The summed E-state index contributed by atoms with van der Waals surface area (Å²) in [4.78, 5) is 27.0. The summed E-state index contributed by atoms with van der Waals surface area (Å²) in [5.74, 6) is 0.439. The van der Waals surface area contributed by atoms with E-state index >= 15 is 0 Å². The lowest BCUT2D eigenvalue weighted by Gasteiger charge is -2.32. The lowest BCUT2D eigenvalue weighted by Crippen LogP contribution is -2.47. The molecule has 2 amide bonds. The van der Waals surface area contributed by atoms with Gasteiger partial charge in [0.25, 0.3) is 0 Å². The minimum absolute atomic E-state index is 0.148. The summed E-state index contributed by atoms with van der Waals surface area (Å²) in [5, 5.41) is 3.40. The second-order valence-corrected chi connectivity index (χ2v) is 5.90. The first-order valence-electron chi connectivity index (χ1n) is 7.50. The van der Waals surface area contributed by atoms with Crippen molar-refractivity contribution in [2.75, 3.05) is 39.3 Å². The number of nitrogens with one attached hydrogen (secondary N) is 1. The molecule has 2 fully saturated rings. The Morgan fingerprint density at radius 2 is 2.35 bits per heavy atom. The summed E-state index contributed by atoms with van der Waals surface area (Å²) in [6.07, 6.45) is 1.90. The molecule has 1 N–H and O–H groups in total. The Morgan fingerprint density at radius 3 is 2.90 bits per heavy atom. The van der Waals surface area contributed by atoms with Crippen molar-refractivity contribution in [3.63, 3.8) is 0 Å². The van der Waals surface area contributed by atoms with Gasteiger partial charge in [-0.3, -0.25) is 9.69 Å². The first kappa shape index (κ1) is 15.3. The summed E-state index contributed by atoms with van der Waals surface area (Å²) in [6.45, 7) is 8.19. The van der Waals surface area contributed by atoms with Gasteiger partial charge in [0.2, 0.25) is 5.91 Å². The van der Waals surface area contributed by atoms with E-state index in [2.05, 4.69) is 24.1 Å². The monoisotopic (exact) mass is 283 g/mol. The summed E-state index contributed by atoms with van der Waals surface area (Å²) >= 11 is 0. The number of hydrogen-bond acceptors (Lipinski definition) is 5. The van der Waals surface area contributed by atoms with Crippen LogP contribution in [-0.4, -0.2) is 67.2 Å². The third-order valence-electron chi connectivity index (χ3n) is 4.02. The number of piperidine rings is 1. The van der Waals surface area contributed by atoms with Crippen LogP contribution < -0.4 is 5.32 Å². The zero-order valence-corrected chi connectivity index (χ0v) is 12.4. The molecule has 20 heavy (non-hydrogen) atoms. The Labute approximate surface area is 120 Å². The molecule has 0 saturated carbocycles. The lowest BCUT2D eigenvalue weighted by atomic mass is 9.98. The van der Waals surface area contributed by atoms with Crippen LogP contribution >= 0.6 is 0 Å². The van der Waals surface area contributed by atoms with E-state index in [0.717, 1.165) is 19.6 Å². The summed E-state index contributed by atoms with van der Waals surface area (Å²) in [7, 11) is 0. The van der Waals surface area contributed by atoms with Crippen LogP contribution in [0.15, 0.2) is 0 Å². The van der Waals surface area contributed by atoms with Gasteiger partial charge in [-0.15, -0.1) is 0 Å². The number of amides is 2. The largest absolute Gasteiger partial charge is 0.447 e. The maximum atomic E-state index is 12.2. The fraction of sp³-hybridized carbons (Fsp3) is 0.857. The molecule has 2 aliphatic heterocycles. The SMILES string of the molecule is CC(C)N(CC(=O)N1CCOC1=O)CC1CCCNC1. The molecule has 0 aromatic rings. The predicted molar refractivity (Wildman–Crippen MR) is 75.4 cm³/mol. The van der Waals surface area contributed by atoms with E-state index in [4.69, 9.17) is 4.74 Å². The van der Waals surface area contributed by atoms with Gasteiger partial charge in [-0.1, -0.05) is 0 Å². The van der Waals surface area contributed by atoms with E-state index < -0.39 is 6.09 Å². The Balaban J connectivity index is 1.87. The quantitative estimate of drug-likeness (QED) is 0.804. The third kappa shape index (κ3) is 3.93. The van der Waals surface area contributed by atoms with Crippen LogP contribution in [0.25, 0.3) is 0 Å². The summed E-state index contributed by atoms with van der Waals surface area (Å²) in [6, 6.07) is 0.291. The maximum Gasteiger partial charge on any atom is 0.416 e. The highest BCUT2D eigenvalue weighted by molar-refractivity contribution is 5.94. The second-order valence-electron chi connectivity index (χ2n) is 5.90. The van der Waals surface area contributed by atoms with E-state index in [1.807, 2.05) is 0 Å². The van der Waals surface area contributed by atoms with E-state index in [-0.39, 0.29) is 5.91 Å². The number of carbonyl (C=O) groups excluding carboxylic acids is 2. The van der Waals surface area contributed by atoms with Crippen LogP contribution in [0.4, 0.5) is 4.79 Å².